The summed E-state index contributed by atoms with van der Waals surface area (Å²) in [6.07, 6.45) is 1.43. The number of pyridine rings is 1. The van der Waals surface area contributed by atoms with Crippen molar-refractivity contribution >= 4 is 16.8 Å². The molecule has 0 bridgehead atoms. The minimum Gasteiger partial charge on any atom is -0.474 e. The van der Waals surface area contributed by atoms with Crippen LogP contribution >= 0.6 is 0 Å². The molecule has 0 aliphatic rings. The maximum absolute atomic E-state index is 13.0. The van der Waals surface area contributed by atoms with Gasteiger partial charge >= 0.3 is 0 Å². The number of ether oxygens (including phenoxy) is 1. The average molecular weight is 334 g/mol. The van der Waals surface area contributed by atoms with Crippen LogP contribution in [-0.4, -0.2) is 26.4 Å². The van der Waals surface area contributed by atoms with Crippen LogP contribution in [0.1, 0.15) is 35.9 Å². The van der Waals surface area contributed by atoms with Crippen LogP contribution in [0.5, 0.6) is 5.88 Å². The Morgan fingerprint density at radius 1 is 1.24 bits per heavy atom. The van der Waals surface area contributed by atoms with Crippen LogP contribution in [0.2, 0.25) is 0 Å². The lowest BCUT2D eigenvalue weighted by Gasteiger charge is -2.14. The number of rotatable bonds is 5. The van der Waals surface area contributed by atoms with E-state index in [1.807, 2.05) is 38.1 Å². The number of para-hydroxylation sites is 2. The highest BCUT2D eigenvalue weighted by Gasteiger charge is 2.29. The summed E-state index contributed by atoms with van der Waals surface area (Å²) in [6.45, 7) is 3.71. The van der Waals surface area contributed by atoms with Gasteiger partial charge in [0.05, 0.1) is 28.8 Å². The number of benzene rings is 1. The summed E-state index contributed by atoms with van der Waals surface area (Å²) < 4.78 is 7.40. The highest BCUT2D eigenvalue weighted by molar-refractivity contribution is 6.04. The van der Waals surface area contributed by atoms with Gasteiger partial charge in [0, 0.05) is 13.2 Å². The molecule has 0 fully saturated rings. The van der Waals surface area contributed by atoms with E-state index in [0.29, 0.717) is 5.82 Å². The van der Waals surface area contributed by atoms with Crippen LogP contribution in [0, 0.1) is 11.3 Å². The third kappa shape index (κ3) is 3.09. The smallest absolute Gasteiger partial charge is 0.224 e. The molecule has 0 radical (unpaired) electrons. The summed E-state index contributed by atoms with van der Waals surface area (Å²) in [5.74, 6) is -0.754. The number of carbonyl (C=O) groups is 1. The Kier molecular flexibility index (Phi) is 4.48. The number of hydrogen-bond acceptors (Lipinski definition) is 5. The van der Waals surface area contributed by atoms with Crippen molar-refractivity contribution in [3.8, 4) is 11.9 Å². The number of hydrogen-bond donors (Lipinski definition) is 0. The molecule has 3 aromatic rings. The minimum absolute atomic E-state index is 0.127. The van der Waals surface area contributed by atoms with Gasteiger partial charge in [0.2, 0.25) is 5.88 Å². The predicted octanol–water partition coefficient (Wildman–Crippen LogP) is 3.25. The Balaban J connectivity index is 2.06. The second-order valence-electron chi connectivity index (χ2n) is 5.97. The van der Waals surface area contributed by atoms with Crippen molar-refractivity contribution in [1.82, 2.24) is 14.5 Å². The van der Waals surface area contributed by atoms with E-state index in [1.165, 1.54) is 0 Å². The Bertz CT molecular complexity index is 969. The Morgan fingerprint density at radius 3 is 2.68 bits per heavy atom. The zero-order valence-electron chi connectivity index (χ0n) is 14.3. The molecule has 0 aliphatic carbocycles. The van der Waals surface area contributed by atoms with Crippen LogP contribution in [-0.2, 0) is 7.05 Å². The molecule has 1 unspecified atom stereocenters. The van der Waals surface area contributed by atoms with Gasteiger partial charge in [-0.25, -0.2) is 9.97 Å². The van der Waals surface area contributed by atoms with Crippen molar-refractivity contribution in [2.45, 2.75) is 25.9 Å². The van der Waals surface area contributed by atoms with Crippen molar-refractivity contribution < 1.29 is 9.53 Å². The first-order chi connectivity index (χ1) is 12.0. The monoisotopic (exact) mass is 334 g/mol. The molecule has 25 heavy (non-hydrogen) atoms. The van der Waals surface area contributed by atoms with Crippen molar-refractivity contribution in [2.24, 2.45) is 7.05 Å². The van der Waals surface area contributed by atoms with Crippen LogP contribution < -0.4 is 4.74 Å². The number of fused-ring (bicyclic) bond motifs is 1. The Hall–Kier alpha value is -3.20. The number of aromatic nitrogens is 3. The van der Waals surface area contributed by atoms with Gasteiger partial charge in [0.25, 0.3) is 0 Å². The lowest BCUT2D eigenvalue weighted by molar-refractivity contribution is 0.0968. The molecule has 0 saturated heterocycles. The van der Waals surface area contributed by atoms with E-state index < -0.39 is 5.92 Å². The SMILES string of the molecule is CC(C)Oc1ncccc1C(=O)C(C#N)c1nc2ccccc2n1C. The molecule has 6 heteroatoms. The summed E-state index contributed by atoms with van der Waals surface area (Å²) in [5, 5.41) is 9.65. The van der Waals surface area contributed by atoms with Gasteiger partial charge in [-0.1, -0.05) is 12.1 Å². The first-order valence-electron chi connectivity index (χ1n) is 7.99. The van der Waals surface area contributed by atoms with E-state index in [9.17, 15) is 10.1 Å². The molecule has 2 aromatic heterocycles. The van der Waals surface area contributed by atoms with Crippen molar-refractivity contribution in [1.29, 1.82) is 5.26 Å². The summed E-state index contributed by atoms with van der Waals surface area (Å²) >= 11 is 0. The molecule has 126 valence electrons. The number of nitrogens with zero attached hydrogens (tertiary/aromatic N) is 4. The molecule has 0 aliphatic heterocycles. The normalized spacial score (nSPS) is 12.1. The number of ketones is 1. The summed E-state index contributed by atoms with van der Waals surface area (Å²) in [7, 11) is 1.80. The van der Waals surface area contributed by atoms with Crippen LogP contribution in [0.3, 0.4) is 0 Å². The molecule has 1 atom stereocenters. The zero-order chi connectivity index (χ0) is 18.0. The van der Waals surface area contributed by atoms with Gasteiger partial charge in [-0.15, -0.1) is 0 Å². The topological polar surface area (TPSA) is 80.8 Å². The fraction of sp³-hybridized carbons (Fsp3) is 0.263. The van der Waals surface area contributed by atoms with E-state index >= 15 is 0 Å². The van der Waals surface area contributed by atoms with E-state index in [1.54, 1.807) is 29.9 Å². The number of imidazole rings is 1. The van der Waals surface area contributed by atoms with Crippen molar-refractivity contribution in [3.05, 3.63) is 54.0 Å². The van der Waals surface area contributed by atoms with Crippen LogP contribution in [0.4, 0.5) is 0 Å². The molecule has 1 aromatic carbocycles. The number of Topliss-reactive ketones (excluding diaryl/α,β-unsaturated/α-hetero) is 1. The third-order valence-corrected chi connectivity index (χ3v) is 3.86. The van der Waals surface area contributed by atoms with E-state index in [-0.39, 0.29) is 23.3 Å². The van der Waals surface area contributed by atoms with Gasteiger partial charge in [-0.05, 0) is 38.1 Å². The number of aryl methyl sites for hydroxylation is 1. The molecule has 0 saturated carbocycles. The van der Waals surface area contributed by atoms with E-state index in [2.05, 4.69) is 16.0 Å². The molecule has 6 nitrogen and oxygen atoms in total. The molecular formula is C19H18N4O2. The Morgan fingerprint density at radius 2 is 2.00 bits per heavy atom. The van der Waals surface area contributed by atoms with Gasteiger partial charge in [-0.2, -0.15) is 5.26 Å². The standard InChI is InChI=1S/C19H18N4O2/c1-12(2)25-19-13(7-6-10-21-19)17(24)14(11-20)18-22-15-8-4-5-9-16(15)23(18)3/h4-10,12,14H,1-3H3. The minimum atomic E-state index is -1.03. The average Bonchev–Trinajstić information content (AvgIpc) is 2.93. The molecule has 0 N–H and O–H groups in total. The van der Waals surface area contributed by atoms with Crippen molar-refractivity contribution in [2.75, 3.05) is 0 Å². The lowest BCUT2D eigenvalue weighted by Crippen LogP contribution is -2.18. The number of nitriles is 1. The molecule has 0 amide bonds. The second kappa shape index (κ2) is 6.73. The highest BCUT2D eigenvalue weighted by atomic mass is 16.5. The number of carbonyl (C=O) groups excluding carboxylic acids is 1. The summed E-state index contributed by atoms with van der Waals surface area (Å²) in [6, 6.07) is 12.9. The Labute approximate surface area is 145 Å². The maximum Gasteiger partial charge on any atom is 0.224 e. The zero-order valence-corrected chi connectivity index (χ0v) is 14.3. The first kappa shape index (κ1) is 16.7. The van der Waals surface area contributed by atoms with Crippen LogP contribution in [0.15, 0.2) is 42.6 Å². The van der Waals surface area contributed by atoms with E-state index in [4.69, 9.17) is 4.74 Å². The fourth-order valence-electron chi connectivity index (χ4n) is 2.71. The molecule has 0 spiro atoms. The molecule has 3 rings (SSSR count). The summed E-state index contributed by atoms with van der Waals surface area (Å²) in [4.78, 5) is 21.6. The first-order valence-corrected chi connectivity index (χ1v) is 7.99. The van der Waals surface area contributed by atoms with Crippen LogP contribution in [0.25, 0.3) is 11.0 Å². The highest BCUT2D eigenvalue weighted by Crippen LogP contribution is 2.27. The molecular weight excluding hydrogens is 316 g/mol. The largest absolute Gasteiger partial charge is 0.474 e. The maximum atomic E-state index is 13.0. The lowest BCUT2D eigenvalue weighted by atomic mass is 9.99. The van der Waals surface area contributed by atoms with E-state index in [0.717, 1.165) is 11.0 Å². The van der Waals surface area contributed by atoms with Crippen molar-refractivity contribution in [3.63, 3.8) is 0 Å². The van der Waals surface area contributed by atoms with Gasteiger partial charge in [-0.3, -0.25) is 4.79 Å². The van der Waals surface area contributed by atoms with Gasteiger partial charge in [0.1, 0.15) is 5.82 Å². The summed E-state index contributed by atoms with van der Waals surface area (Å²) in [5.41, 5.74) is 1.91. The third-order valence-electron chi connectivity index (χ3n) is 3.86. The van der Waals surface area contributed by atoms with Gasteiger partial charge in [0.15, 0.2) is 11.7 Å². The quantitative estimate of drug-likeness (QED) is 0.669. The fourth-order valence-corrected chi connectivity index (χ4v) is 2.71. The van der Waals surface area contributed by atoms with Gasteiger partial charge < -0.3 is 9.30 Å². The predicted molar refractivity (Wildman–Crippen MR) is 93.4 cm³/mol. The molecule has 2 heterocycles. The second-order valence-corrected chi connectivity index (χ2v) is 5.97.